The summed E-state index contributed by atoms with van der Waals surface area (Å²) < 4.78 is 9.70. The van der Waals surface area contributed by atoms with Crippen molar-refractivity contribution in [1.29, 1.82) is 0 Å². The zero-order chi connectivity index (χ0) is 12.2. The SMILES string of the molecule is CCCC(=O)OC1(C(=O)O)CCCC(O)O1. The third-order valence-electron chi connectivity index (χ3n) is 2.34. The summed E-state index contributed by atoms with van der Waals surface area (Å²) in [5.41, 5.74) is 0. The molecular formula is C10H16O6. The number of aliphatic hydroxyl groups excluding tert-OH is 1. The molecule has 1 heterocycles. The topological polar surface area (TPSA) is 93.1 Å². The molecule has 2 unspecified atom stereocenters. The average molecular weight is 232 g/mol. The number of ether oxygens (including phenoxy) is 2. The van der Waals surface area contributed by atoms with Gasteiger partial charge in [-0.3, -0.25) is 4.79 Å². The number of carbonyl (C=O) groups excluding carboxylic acids is 1. The van der Waals surface area contributed by atoms with Gasteiger partial charge in [0.05, 0.1) is 0 Å². The van der Waals surface area contributed by atoms with Crippen LogP contribution in [0.25, 0.3) is 0 Å². The highest BCUT2D eigenvalue weighted by atomic mass is 16.8. The summed E-state index contributed by atoms with van der Waals surface area (Å²) in [4.78, 5) is 22.3. The maximum atomic E-state index is 11.3. The number of esters is 1. The molecule has 0 radical (unpaired) electrons. The summed E-state index contributed by atoms with van der Waals surface area (Å²) in [6.45, 7) is 1.78. The predicted molar refractivity (Wildman–Crippen MR) is 52.3 cm³/mol. The lowest BCUT2D eigenvalue weighted by Gasteiger charge is -2.34. The Morgan fingerprint density at radius 3 is 2.75 bits per heavy atom. The normalized spacial score (nSPS) is 29.8. The lowest BCUT2D eigenvalue weighted by molar-refractivity contribution is -0.301. The van der Waals surface area contributed by atoms with Crippen molar-refractivity contribution in [3.05, 3.63) is 0 Å². The zero-order valence-electron chi connectivity index (χ0n) is 9.14. The summed E-state index contributed by atoms with van der Waals surface area (Å²) in [5, 5.41) is 18.3. The molecule has 0 saturated carbocycles. The highest BCUT2D eigenvalue weighted by Gasteiger charge is 2.47. The number of aliphatic carboxylic acids is 1. The minimum absolute atomic E-state index is 0.0643. The van der Waals surface area contributed by atoms with Crippen molar-refractivity contribution < 1.29 is 29.3 Å². The number of aliphatic hydroxyl groups is 1. The number of carbonyl (C=O) groups is 2. The Hall–Kier alpha value is -1.14. The predicted octanol–water partition coefficient (Wildman–Crippen LogP) is 0.629. The van der Waals surface area contributed by atoms with Crippen LogP contribution in [0.15, 0.2) is 0 Å². The Balaban J connectivity index is 2.72. The number of carboxylic acid groups (broad SMARTS) is 1. The molecule has 1 rings (SSSR count). The molecule has 0 spiro atoms. The van der Waals surface area contributed by atoms with E-state index in [0.717, 1.165) is 0 Å². The molecule has 2 N–H and O–H groups in total. The fourth-order valence-electron chi connectivity index (χ4n) is 1.56. The first-order chi connectivity index (χ1) is 7.50. The van der Waals surface area contributed by atoms with Crippen LogP contribution < -0.4 is 0 Å². The van der Waals surface area contributed by atoms with Gasteiger partial charge in [0.1, 0.15) is 0 Å². The molecule has 6 heteroatoms. The summed E-state index contributed by atoms with van der Waals surface area (Å²) in [7, 11) is 0. The van der Waals surface area contributed by atoms with Crippen molar-refractivity contribution in [3.8, 4) is 0 Å². The quantitative estimate of drug-likeness (QED) is 0.690. The summed E-state index contributed by atoms with van der Waals surface area (Å²) in [5.74, 6) is -4.01. The third kappa shape index (κ3) is 2.93. The van der Waals surface area contributed by atoms with E-state index in [-0.39, 0.29) is 12.8 Å². The molecule has 16 heavy (non-hydrogen) atoms. The number of carboxylic acids is 1. The standard InChI is InChI=1S/C10H16O6/c1-2-4-7(11)15-10(9(13)14)6-3-5-8(12)16-10/h8,12H,2-6H2,1H3,(H,13,14). The van der Waals surface area contributed by atoms with E-state index in [0.29, 0.717) is 19.3 Å². The van der Waals surface area contributed by atoms with E-state index in [2.05, 4.69) is 0 Å². The monoisotopic (exact) mass is 232 g/mol. The lowest BCUT2D eigenvalue weighted by Crippen LogP contribution is -2.50. The van der Waals surface area contributed by atoms with E-state index in [1.165, 1.54) is 0 Å². The Bertz CT molecular complexity index is 276. The molecule has 6 nitrogen and oxygen atoms in total. The van der Waals surface area contributed by atoms with Crippen molar-refractivity contribution in [3.63, 3.8) is 0 Å². The molecular weight excluding hydrogens is 216 g/mol. The van der Waals surface area contributed by atoms with E-state index in [1.54, 1.807) is 6.92 Å². The highest BCUT2D eigenvalue weighted by Crippen LogP contribution is 2.30. The average Bonchev–Trinajstić information content (AvgIpc) is 2.17. The van der Waals surface area contributed by atoms with Crippen molar-refractivity contribution in [2.45, 2.75) is 51.1 Å². The third-order valence-corrected chi connectivity index (χ3v) is 2.34. The van der Waals surface area contributed by atoms with Gasteiger partial charge < -0.3 is 19.7 Å². The van der Waals surface area contributed by atoms with E-state index in [9.17, 15) is 14.7 Å². The van der Waals surface area contributed by atoms with Gasteiger partial charge in [-0.1, -0.05) is 6.92 Å². The van der Waals surface area contributed by atoms with E-state index >= 15 is 0 Å². The summed E-state index contributed by atoms with van der Waals surface area (Å²) in [6.07, 6.45) is 0.354. The van der Waals surface area contributed by atoms with Crippen LogP contribution in [0, 0.1) is 0 Å². The number of hydrogen-bond donors (Lipinski definition) is 2. The molecule has 1 fully saturated rings. The van der Waals surface area contributed by atoms with Crippen molar-refractivity contribution in [2.75, 3.05) is 0 Å². The first-order valence-corrected chi connectivity index (χ1v) is 5.31. The van der Waals surface area contributed by atoms with Crippen LogP contribution in [0.2, 0.25) is 0 Å². The van der Waals surface area contributed by atoms with E-state index in [4.69, 9.17) is 14.6 Å². The van der Waals surface area contributed by atoms with Gasteiger partial charge in [0, 0.05) is 12.8 Å². The van der Waals surface area contributed by atoms with Crippen molar-refractivity contribution >= 4 is 11.9 Å². The smallest absolute Gasteiger partial charge is 0.377 e. The van der Waals surface area contributed by atoms with Gasteiger partial charge in [0.15, 0.2) is 6.29 Å². The van der Waals surface area contributed by atoms with Gasteiger partial charge >= 0.3 is 17.7 Å². The molecule has 0 aliphatic carbocycles. The van der Waals surface area contributed by atoms with Crippen LogP contribution in [0.4, 0.5) is 0 Å². The van der Waals surface area contributed by atoms with Gasteiger partial charge in [0.2, 0.25) is 0 Å². The summed E-state index contributed by atoms with van der Waals surface area (Å²) >= 11 is 0. The molecule has 0 aromatic heterocycles. The van der Waals surface area contributed by atoms with Crippen LogP contribution in [-0.4, -0.2) is 34.2 Å². The minimum Gasteiger partial charge on any atom is -0.476 e. The Morgan fingerprint density at radius 1 is 1.56 bits per heavy atom. The van der Waals surface area contributed by atoms with Crippen LogP contribution >= 0.6 is 0 Å². The van der Waals surface area contributed by atoms with Crippen LogP contribution in [-0.2, 0) is 19.1 Å². The minimum atomic E-state index is -2.01. The first kappa shape index (κ1) is 12.9. The second-order valence-electron chi connectivity index (χ2n) is 3.75. The van der Waals surface area contributed by atoms with E-state index < -0.39 is 24.0 Å². The molecule has 92 valence electrons. The molecule has 0 aromatic carbocycles. The maximum absolute atomic E-state index is 11.3. The second-order valence-corrected chi connectivity index (χ2v) is 3.75. The summed E-state index contributed by atoms with van der Waals surface area (Å²) in [6, 6.07) is 0. The van der Waals surface area contributed by atoms with Gasteiger partial charge in [-0.15, -0.1) is 0 Å². The van der Waals surface area contributed by atoms with Crippen LogP contribution in [0.3, 0.4) is 0 Å². The molecule has 1 aliphatic rings. The van der Waals surface area contributed by atoms with Crippen molar-refractivity contribution in [1.82, 2.24) is 0 Å². The maximum Gasteiger partial charge on any atom is 0.377 e. The number of rotatable bonds is 4. The van der Waals surface area contributed by atoms with Crippen LogP contribution in [0.5, 0.6) is 0 Å². The first-order valence-electron chi connectivity index (χ1n) is 5.31. The lowest BCUT2D eigenvalue weighted by atomic mass is 10.0. The fourth-order valence-corrected chi connectivity index (χ4v) is 1.56. The van der Waals surface area contributed by atoms with Crippen molar-refractivity contribution in [2.24, 2.45) is 0 Å². The Kier molecular flexibility index (Phi) is 4.26. The molecule has 0 amide bonds. The van der Waals surface area contributed by atoms with E-state index in [1.807, 2.05) is 0 Å². The molecule has 1 aliphatic heterocycles. The largest absolute Gasteiger partial charge is 0.476 e. The van der Waals surface area contributed by atoms with Gasteiger partial charge in [0.25, 0.3) is 0 Å². The molecule has 0 aromatic rings. The molecule has 1 saturated heterocycles. The zero-order valence-corrected chi connectivity index (χ0v) is 9.14. The second kappa shape index (κ2) is 5.27. The Morgan fingerprint density at radius 2 is 2.25 bits per heavy atom. The molecule has 0 bridgehead atoms. The van der Waals surface area contributed by atoms with Gasteiger partial charge in [-0.05, 0) is 19.3 Å². The molecule has 2 atom stereocenters. The highest BCUT2D eigenvalue weighted by molar-refractivity contribution is 5.80. The van der Waals surface area contributed by atoms with Gasteiger partial charge in [-0.25, -0.2) is 4.79 Å². The Labute approximate surface area is 93.2 Å². The number of hydrogen-bond acceptors (Lipinski definition) is 5. The fraction of sp³-hybridized carbons (Fsp3) is 0.800. The van der Waals surface area contributed by atoms with Crippen LogP contribution in [0.1, 0.15) is 39.0 Å². The van der Waals surface area contributed by atoms with Gasteiger partial charge in [-0.2, -0.15) is 0 Å².